The highest BCUT2D eigenvalue weighted by Gasteiger charge is 2.52. The number of rotatable bonds is 5. The van der Waals surface area contributed by atoms with E-state index in [0.717, 1.165) is 43.8 Å². The third kappa shape index (κ3) is 2.45. The minimum absolute atomic E-state index is 0.487. The zero-order valence-electron chi connectivity index (χ0n) is 14.5. The predicted octanol–water partition coefficient (Wildman–Crippen LogP) is 4.04. The largest absolute Gasteiger partial charge is 0.373 e. The van der Waals surface area contributed by atoms with Gasteiger partial charge in [-0.25, -0.2) is 0 Å². The van der Waals surface area contributed by atoms with Crippen molar-refractivity contribution in [1.82, 2.24) is 0 Å². The SMILES string of the molecule is c1cc(C23CC4CC(CC(C4)C2)C3)c(CC2CO2)cc1CC1CO1. The van der Waals surface area contributed by atoms with Gasteiger partial charge in [-0.05, 0) is 78.4 Å². The summed E-state index contributed by atoms with van der Waals surface area (Å²) < 4.78 is 11.0. The van der Waals surface area contributed by atoms with E-state index in [2.05, 4.69) is 18.2 Å². The Morgan fingerprint density at radius 2 is 1.42 bits per heavy atom. The van der Waals surface area contributed by atoms with Gasteiger partial charge in [0.25, 0.3) is 0 Å². The van der Waals surface area contributed by atoms with Crippen LogP contribution in [0.25, 0.3) is 0 Å². The summed E-state index contributed by atoms with van der Waals surface area (Å²) in [4.78, 5) is 0. The van der Waals surface area contributed by atoms with Gasteiger partial charge in [0.15, 0.2) is 0 Å². The Morgan fingerprint density at radius 1 is 0.833 bits per heavy atom. The molecule has 24 heavy (non-hydrogen) atoms. The first-order valence-electron chi connectivity index (χ1n) is 10.1. The lowest BCUT2D eigenvalue weighted by Gasteiger charge is -2.57. The molecule has 2 heterocycles. The summed E-state index contributed by atoms with van der Waals surface area (Å²) in [6, 6.07) is 7.44. The first-order valence-corrected chi connectivity index (χ1v) is 10.1. The van der Waals surface area contributed by atoms with Crippen LogP contribution in [-0.2, 0) is 27.7 Å². The van der Waals surface area contributed by atoms with Crippen LogP contribution in [0.5, 0.6) is 0 Å². The van der Waals surface area contributed by atoms with Crippen LogP contribution in [0.15, 0.2) is 18.2 Å². The summed E-state index contributed by atoms with van der Waals surface area (Å²) >= 11 is 0. The van der Waals surface area contributed by atoms with E-state index in [-0.39, 0.29) is 0 Å². The normalized spacial score (nSPS) is 44.8. The van der Waals surface area contributed by atoms with E-state index < -0.39 is 0 Å². The van der Waals surface area contributed by atoms with Gasteiger partial charge >= 0.3 is 0 Å². The number of benzene rings is 1. The Labute approximate surface area is 144 Å². The summed E-state index contributed by atoms with van der Waals surface area (Å²) in [7, 11) is 0. The van der Waals surface area contributed by atoms with Gasteiger partial charge in [-0.1, -0.05) is 18.2 Å². The van der Waals surface area contributed by atoms with E-state index in [1.165, 1.54) is 44.1 Å². The lowest BCUT2D eigenvalue weighted by atomic mass is 9.47. The van der Waals surface area contributed by atoms with Gasteiger partial charge in [-0.15, -0.1) is 0 Å². The second-order valence-corrected chi connectivity index (χ2v) is 9.51. The molecular formula is C22H28O2. The molecular weight excluding hydrogens is 296 g/mol. The van der Waals surface area contributed by atoms with Crippen LogP contribution in [0.2, 0.25) is 0 Å². The topological polar surface area (TPSA) is 25.1 Å². The first kappa shape index (κ1) is 14.3. The molecule has 0 amide bonds. The standard InChI is InChI=1S/C22H28O2/c1-2-21(22-9-15-3-16(10-22)5-17(4-15)11-22)18(8-20-13-24-20)6-14(1)7-19-12-23-19/h1-2,6,15-17,19-20H,3-5,7-13H2. The highest BCUT2D eigenvalue weighted by Crippen LogP contribution is 2.61. The Hall–Kier alpha value is -0.860. The second-order valence-electron chi connectivity index (χ2n) is 9.51. The highest BCUT2D eigenvalue weighted by molar-refractivity contribution is 5.40. The summed E-state index contributed by atoms with van der Waals surface area (Å²) in [5.41, 5.74) is 5.30. The van der Waals surface area contributed by atoms with Crippen molar-refractivity contribution in [3.63, 3.8) is 0 Å². The van der Waals surface area contributed by atoms with Crippen molar-refractivity contribution in [3.05, 3.63) is 34.9 Å². The summed E-state index contributed by atoms with van der Waals surface area (Å²) in [5.74, 6) is 3.04. The van der Waals surface area contributed by atoms with Gasteiger partial charge in [0.1, 0.15) is 0 Å². The monoisotopic (exact) mass is 324 g/mol. The van der Waals surface area contributed by atoms with Crippen LogP contribution in [0.4, 0.5) is 0 Å². The molecule has 2 atom stereocenters. The molecule has 2 aliphatic heterocycles. The van der Waals surface area contributed by atoms with E-state index in [9.17, 15) is 0 Å². The minimum atomic E-state index is 0.487. The van der Waals surface area contributed by atoms with Crippen LogP contribution in [0.1, 0.15) is 55.2 Å². The molecule has 4 aliphatic carbocycles. The lowest BCUT2D eigenvalue weighted by molar-refractivity contribution is -0.00561. The Kier molecular flexibility index (Phi) is 3.03. The average molecular weight is 324 g/mol. The predicted molar refractivity (Wildman–Crippen MR) is 93.2 cm³/mol. The molecule has 0 spiro atoms. The Morgan fingerprint density at radius 3 is 2.00 bits per heavy atom. The molecule has 2 nitrogen and oxygen atoms in total. The van der Waals surface area contributed by atoms with Gasteiger partial charge in [-0.3, -0.25) is 0 Å². The fourth-order valence-electron chi connectivity index (χ4n) is 6.78. The third-order valence-corrected chi connectivity index (χ3v) is 7.49. The Balaban J connectivity index is 1.38. The lowest BCUT2D eigenvalue weighted by Crippen LogP contribution is -2.49. The zero-order valence-corrected chi connectivity index (χ0v) is 14.5. The fourth-order valence-corrected chi connectivity index (χ4v) is 6.78. The molecule has 0 aromatic heterocycles. The smallest absolute Gasteiger partial charge is 0.0850 e. The molecule has 4 saturated carbocycles. The van der Waals surface area contributed by atoms with Gasteiger partial charge in [0.05, 0.1) is 25.4 Å². The Bertz CT molecular complexity index is 621. The summed E-state index contributed by atoms with van der Waals surface area (Å²) in [6.07, 6.45) is 12.2. The molecule has 2 unspecified atom stereocenters. The van der Waals surface area contributed by atoms with E-state index in [0.29, 0.717) is 17.6 Å². The fraction of sp³-hybridized carbons (Fsp3) is 0.727. The van der Waals surface area contributed by atoms with Crippen molar-refractivity contribution in [2.24, 2.45) is 17.8 Å². The average Bonchev–Trinajstić information content (AvgIpc) is 3.43. The first-order chi connectivity index (χ1) is 11.8. The molecule has 1 aromatic carbocycles. The summed E-state index contributed by atoms with van der Waals surface area (Å²) in [5, 5.41) is 0. The van der Waals surface area contributed by atoms with Crippen LogP contribution >= 0.6 is 0 Å². The van der Waals surface area contributed by atoms with Crippen LogP contribution in [0.3, 0.4) is 0 Å². The number of hydrogen-bond donors (Lipinski definition) is 0. The van der Waals surface area contributed by atoms with Crippen molar-refractivity contribution in [2.45, 2.75) is 69.0 Å². The minimum Gasteiger partial charge on any atom is -0.373 e. The van der Waals surface area contributed by atoms with E-state index in [1.54, 1.807) is 11.1 Å². The van der Waals surface area contributed by atoms with Gasteiger partial charge in [0, 0.05) is 12.8 Å². The maximum absolute atomic E-state index is 5.59. The van der Waals surface area contributed by atoms with E-state index in [1.807, 2.05) is 0 Å². The van der Waals surface area contributed by atoms with Gasteiger partial charge < -0.3 is 9.47 Å². The van der Waals surface area contributed by atoms with Crippen LogP contribution < -0.4 is 0 Å². The molecule has 1 aromatic rings. The number of hydrogen-bond acceptors (Lipinski definition) is 2. The molecule has 2 saturated heterocycles. The molecule has 2 heteroatoms. The van der Waals surface area contributed by atoms with Crippen molar-refractivity contribution in [3.8, 4) is 0 Å². The number of epoxide rings is 2. The van der Waals surface area contributed by atoms with Crippen LogP contribution in [-0.4, -0.2) is 25.4 Å². The van der Waals surface area contributed by atoms with E-state index >= 15 is 0 Å². The molecule has 7 rings (SSSR count). The van der Waals surface area contributed by atoms with Crippen molar-refractivity contribution >= 4 is 0 Å². The maximum atomic E-state index is 5.59. The second kappa shape index (κ2) is 5.08. The zero-order chi connectivity index (χ0) is 15.7. The van der Waals surface area contributed by atoms with Gasteiger partial charge in [0.2, 0.25) is 0 Å². The molecule has 128 valence electrons. The molecule has 6 aliphatic rings. The molecule has 4 bridgehead atoms. The summed E-state index contributed by atoms with van der Waals surface area (Å²) in [6.45, 7) is 1.92. The van der Waals surface area contributed by atoms with Gasteiger partial charge in [-0.2, -0.15) is 0 Å². The van der Waals surface area contributed by atoms with Crippen molar-refractivity contribution in [1.29, 1.82) is 0 Å². The van der Waals surface area contributed by atoms with Crippen molar-refractivity contribution < 1.29 is 9.47 Å². The van der Waals surface area contributed by atoms with E-state index in [4.69, 9.17) is 9.47 Å². The quantitative estimate of drug-likeness (QED) is 0.764. The molecule has 0 N–H and O–H groups in total. The maximum Gasteiger partial charge on any atom is 0.0850 e. The molecule has 0 radical (unpaired) electrons. The number of ether oxygens (including phenoxy) is 2. The van der Waals surface area contributed by atoms with Crippen molar-refractivity contribution in [2.75, 3.05) is 13.2 Å². The van der Waals surface area contributed by atoms with Crippen LogP contribution in [0, 0.1) is 17.8 Å². The third-order valence-electron chi connectivity index (χ3n) is 7.49. The highest BCUT2D eigenvalue weighted by atomic mass is 16.6. The molecule has 6 fully saturated rings.